The summed E-state index contributed by atoms with van der Waals surface area (Å²) in [6.45, 7) is 3.74. The molecule has 1 N–H and O–H groups in total. The number of hydrazone groups is 1. The molecule has 0 saturated heterocycles. The van der Waals surface area contributed by atoms with Gasteiger partial charge in [-0.05, 0) is 19.9 Å². The van der Waals surface area contributed by atoms with Crippen molar-refractivity contribution >= 4 is 34.6 Å². The van der Waals surface area contributed by atoms with Crippen LogP contribution in [0.3, 0.4) is 0 Å². The van der Waals surface area contributed by atoms with E-state index in [2.05, 4.69) is 10.5 Å². The molecule has 0 amide bonds. The summed E-state index contributed by atoms with van der Waals surface area (Å²) in [5, 5.41) is 21.4. The zero-order valence-corrected chi connectivity index (χ0v) is 11.7. The van der Waals surface area contributed by atoms with Crippen molar-refractivity contribution in [3.05, 3.63) is 22.2 Å². The third-order valence-corrected chi connectivity index (χ3v) is 2.49. The van der Waals surface area contributed by atoms with Gasteiger partial charge in [-0.1, -0.05) is 23.2 Å². The maximum Gasteiger partial charge on any atom is 0.237 e. The number of ether oxygens (including phenoxy) is 1. The molecule has 0 heterocycles. The van der Waals surface area contributed by atoms with Gasteiger partial charge in [0.2, 0.25) is 5.71 Å². The lowest BCUT2D eigenvalue weighted by atomic mass is 10.3. The van der Waals surface area contributed by atoms with Crippen LogP contribution in [-0.4, -0.2) is 11.8 Å². The van der Waals surface area contributed by atoms with Gasteiger partial charge >= 0.3 is 0 Å². The number of anilines is 1. The molecule has 0 unspecified atom stereocenters. The molecule has 0 aliphatic rings. The van der Waals surface area contributed by atoms with Crippen LogP contribution in [0, 0.1) is 22.7 Å². The predicted molar refractivity (Wildman–Crippen MR) is 74.5 cm³/mol. The molecule has 1 aromatic rings. The Morgan fingerprint density at radius 2 is 1.89 bits per heavy atom. The topological polar surface area (TPSA) is 81.2 Å². The zero-order chi connectivity index (χ0) is 14.4. The van der Waals surface area contributed by atoms with Crippen molar-refractivity contribution in [2.24, 2.45) is 5.10 Å². The number of hydrogen-bond acceptors (Lipinski definition) is 5. The van der Waals surface area contributed by atoms with E-state index in [9.17, 15) is 0 Å². The molecular formula is C12H10Cl2N4O. The Morgan fingerprint density at radius 3 is 2.42 bits per heavy atom. The molecule has 0 aliphatic heterocycles. The van der Waals surface area contributed by atoms with Crippen molar-refractivity contribution in [1.82, 2.24) is 0 Å². The standard InChI is InChI=1S/C12H10Cl2N4O/c1-7(2)19-12-4-9(13)11(3-10(12)14)18-17-8(5-15)6-16/h3-4,7,18H,1-2H3. The molecule has 0 radical (unpaired) electrons. The number of nitrogens with zero attached hydrogens (tertiary/aromatic N) is 3. The third kappa shape index (κ3) is 4.33. The number of rotatable bonds is 4. The van der Waals surface area contributed by atoms with Crippen molar-refractivity contribution in [1.29, 1.82) is 10.5 Å². The molecule has 0 aromatic heterocycles. The van der Waals surface area contributed by atoms with Gasteiger partial charge in [-0.25, -0.2) is 0 Å². The highest BCUT2D eigenvalue weighted by Gasteiger charge is 2.09. The van der Waals surface area contributed by atoms with Gasteiger partial charge in [0, 0.05) is 6.07 Å². The van der Waals surface area contributed by atoms with E-state index in [4.69, 9.17) is 38.5 Å². The SMILES string of the molecule is CC(C)Oc1cc(Cl)c(NN=C(C#N)C#N)cc1Cl. The van der Waals surface area contributed by atoms with Crippen LogP contribution < -0.4 is 10.2 Å². The monoisotopic (exact) mass is 296 g/mol. The summed E-state index contributed by atoms with van der Waals surface area (Å²) in [4.78, 5) is 0. The molecule has 0 bridgehead atoms. The van der Waals surface area contributed by atoms with Gasteiger partial charge in [0.1, 0.15) is 17.9 Å². The van der Waals surface area contributed by atoms with Crippen LogP contribution in [0.15, 0.2) is 17.2 Å². The lowest BCUT2D eigenvalue weighted by molar-refractivity contribution is 0.242. The fourth-order valence-electron chi connectivity index (χ4n) is 1.15. The highest BCUT2D eigenvalue weighted by atomic mass is 35.5. The minimum Gasteiger partial charge on any atom is -0.489 e. The predicted octanol–water partition coefficient (Wildman–Crippen LogP) is 3.60. The fourth-order valence-corrected chi connectivity index (χ4v) is 1.55. The summed E-state index contributed by atoms with van der Waals surface area (Å²) in [5.41, 5.74) is 2.58. The Morgan fingerprint density at radius 1 is 1.26 bits per heavy atom. The van der Waals surface area contributed by atoms with Crippen molar-refractivity contribution < 1.29 is 4.74 Å². The van der Waals surface area contributed by atoms with Gasteiger partial charge in [0.15, 0.2) is 0 Å². The van der Waals surface area contributed by atoms with Gasteiger partial charge in [0.05, 0.1) is 21.8 Å². The first-order chi connectivity index (χ1) is 8.97. The average Bonchev–Trinajstić information content (AvgIpc) is 2.35. The molecule has 0 saturated carbocycles. The Bertz CT molecular complexity index is 569. The number of nitriles is 2. The molecule has 7 heteroatoms. The van der Waals surface area contributed by atoms with Crippen LogP contribution >= 0.6 is 23.2 Å². The molecule has 1 aromatic carbocycles. The summed E-state index contributed by atoms with van der Waals surface area (Å²) >= 11 is 12.0. The van der Waals surface area contributed by atoms with E-state index >= 15 is 0 Å². The maximum absolute atomic E-state index is 8.55. The number of halogens is 2. The van der Waals surface area contributed by atoms with Gasteiger partial charge in [0.25, 0.3) is 0 Å². The second kappa shape index (κ2) is 6.84. The lowest BCUT2D eigenvalue weighted by Crippen LogP contribution is -2.06. The highest BCUT2D eigenvalue weighted by Crippen LogP contribution is 2.34. The lowest BCUT2D eigenvalue weighted by Gasteiger charge is -2.13. The Labute approximate surface area is 121 Å². The summed E-state index contributed by atoms with van der Waals surface area (Å²) in [6.07, 6.45) is -0.0332. The molecule has 0 aliphatic carbocycles. The van der Waals surface area contributed by atoms with Gasteiger partial charge in [-0.2, -0.15) is 15.6 Å². The zero-order valence-electron chi connectivity index (χ0n) is 10.2. The molecule has 98 valence electrons. The Kier molecular flexibility index (Phi) is 5.44. The van der Waals surface area contributed by atoms with Crippen LogP contribution in [0.25, 0.3) is 0 Å². The molecular weight excluding hydrogens is 287 g/mol. The summed E-state index contributed by atoms with van der Waals surface area (Å²) < 4.78 is 5.46. The van der Waals surface area contributed by atoms with Crippen LogP contribution in [0.2, 0.25) is 10.0 Å². The van der Waals surface area contributed by atoms with Crippen molar-refractivity contribution in [2.45, 2.75) is 20.0 Å². The first kappa shape index (κ1) is 15.1. The van der Waals surface area contributed by atoms with E-state index in [1.807, 2.05) is 13.8 Å². The fraction of sp³-hybridized carbons (Fsp3) is 0.250. The van der Waals surface area contributed by atoms with Gasteiger partial charge in [-0.3, -0.25) is 5.43 Å². The number of benzene rings is 1. The molecule has 5 nitrogen and oxygen atoms in total. The maximum atomic E-state index is 8.55. The molecule has 19 heavy (non-hydrogen) atoms. The van der Waals surface area contributed by atoms with Crippen molar-refractivity contribution in [3.63, 3.8) is 0 Å². The number of nitrogens with one attached hydrogen (secondary N) is 1. The molecule has 0 spiro atoms. The van der Waals surface area contributed by atoms with Crippen LogP contribution in [0.5, 0.6) is 5.75 Å². The molecule has 0 atom stereocenters. The number of hydrogen-bond donors (Lipinski definition) is 1. The minimum absolute atomic E-state index is 0.0332. The Hall–Kier alpha value is -1.95. The van der Waals surface area contributed by atoms with E-state index in [1.165, 1.54) is 6.07 Å². The van der Waals surface area contributed by atoms with E-state index in [1.54, 1.807) is 18.2 Å². The minimum atomic E-state index is -0.310. The van der Waals surface area contributed by atoms with Crippen molar-refractivity contribution in [2.75, 3.05) is 5.43 Å². The van der Waals surface area contributed by atoms with Crippen LogP contribution in [0.1, 0.15) is 13.8 Å². The van der Waals surface area contributed by atoms with E-state index in [0.717, 1.165) is 0 Å². The Balaban J connectivity index is 3.00. The second-order valence-electron chi connectivity index (χ2n) is 3.72. The first-order valence-corrected chi connectivity index (χ1v) is 6.03. The third-order valence-electron chi connectivity index (χ3n) is 1.88. The first-order valence-electron chi connectivity index (χ1n) is 5.27. The quantitative estimate of drug-likeness (QED) is 0.680. The smallest absolute Gasteiger partial charge is 0.237 e. The second-order valence-corrected chi connectivity index (χ2v) is 4.54. The largest absolute Gasteiger partial charge is 0.489 e. The summed E-state index contributed by atoms with van der Waals surface area (Å²) in [6, 6.07) is 6.29. The van der Waals surface area contributed by atoms with E-state index in [0.29, 0.717) is 21.5 Å². The van der Waals surface area contributed by atoms with E-state index in [-0.39, 0.29) is 11.8 Å². The summed E-state index contributed by atoms with van der Waals surface area (Å²) in [5.74, 6) is 0.456. The normalized spacial score (nSPS) is 9.42. The van der Waals surface area contributed by atoms with Crippen LogP contribution in [-0.2, 0) is 0 Å². The molecule has 1 rings (SSSR count). The highest BCUT2D eigenvalue weighted by molar-refractivity contribution is 6.36. The van der Waals surface area contributed by atoms with E-state index < -0.39 is 0 Å². The van der Waals surface area contributed by atoms with Gasteiger partial charge in [-0.15, -0.1) is 0 Å². The van der Waals surface area contributed by atoms with Gasteiger partial charge < -0.3 is 4.74 Å². The molecule has 0 fully saturated rings. The van der Waals surface area contributed by atoms with Crippen molar-refractivity contribution in [3.8, 4) is 17.9 Å². The summed E-state index contributed by atoms with van der Waals surface area (Å²) in [7, 11) is 0. The average molecular weight is 297 g/mol. The van der Waals surface area contributed by atoms with Crippen LogP contribution in [0.4, 0.5) is 5.69 Å².